The van der Waals surface area contributed by atoms with Crippen LogP contribution in [0, 0.1) is 0 Å². The summed E-state index contributed by atoms with van der Waals surface area (Å²) in [6, 6.07) is 0.956. The molecule has 0 unspecified atom stereocenters. The number of rotatable bonds is 6. The van der Waals surface area contributed by atoms with Crippen molar-refractivity contribution in [1.29, 1.82) is 0 Å². The Bertz CT molecular complexity index is 1130. The van der Waals surface area contributed by atoms with Crippen LogP contribution in [0.15, 0.2) is 36.8 Å². The fourth-order valence-electron chi connectivity index (χ4n) is 2.59. The van der Waals surface area contributed by atoms with Crippen LogP contribution in [0.4, 0.5) is 39.5 Å². The maximum atomic E-state index is 13.1. The van der Waals surface area contributed by atoms with Gasteiger partial charge in [-0.1, -0.05) is 0 Å². The number of hydrogen-bond donors (Lipinski definition) is 3. The van der Waals surface area contributed by atoms with Crippen molar-refractivity contribution in [1.82, 2.24) is 15.0 Å². The molecular weight excluding hydrogens is 536 g/mol. The zero-order valence-electron chi connectivity index (χ0n) is 17.4. The number of pyridine rings is 3. The largest absolute Gasteiger partial charge is 0.867 e. The van der Waals surface area contributed by atoms with Crippen molar-refractivity contribution < 1.29 is 68.8 Å². The van der Waals surface area contributed by atoms with Crippen LogP contribution in [0.5, 0.6) is 34.9 Å². The van der Waals surface area contributed by atoms with Gasteiger partial charge in [0.15, 0.2) is 17.2 Å². The number of alkyl halides is 9. The third kappa shape index (κ3) is 6.09. The third-order valence-electron chi connectivity index (χ3n) is 4.21. The maximum Gasteiger partial charge on any atom is 0.867 e. The van der Waals surface area contributed by atoms with Crippen LogP contribution < -0.4 is 14.0 Å². The minimum atomic E-state index is -5.15. The number of nitrogens with zero attached hydrogens (tertiary/aromatic N) is 3. The molecule has 0 saturated carbocycles. The third-order valence-corrected chi connectivity index (χ3v) is 4.21. The first-order chi connectivity index (χ1) is 17.0. The topological polar surface area (TPSA) is 127 Å². The van der Waals surface area contributed by atoms with Gasteiger partial charge in [0.2, 0.25) is 17.6 Å². The Morgan fingerprint density at radius 2 is 0.757 bits per heavy atom. The summed E-state index contributed by atoms with van der Waals surface area (Å²) >= 11 is 0. The first kappa shape index (κ1) is 27.3. The molecule has 3 heterocycles. The summed E-state index contributed by atoms with van der Waals surface area (Å²) in [6.07, 6.45) is -14.0. The SMILES string of the molecule is Oc1c(C(F)(F)F)ccnc1OB(Oc1nccc(C(F)(F)F)c1O)Oc1nccc(C(F)(F)F)c1O. The second-order valence-electron chi connectivity index (χ2n) is 6.67. The fraction of sp³-hybridized carbons (Fsp3) is 0.167. The smallest absolute Gasteiger partial charge is 0.503 e. The molecular formula is C18H9BF9N3O6. The van der Waals surface area contributed by atoms with Crippen LogP contribution in [-0.2, 0) is 18.5 Å². The normalized spacial score (nSPS) is 12.2. The van der Waals surface area contributed by atoms with Gasteiger partial charge in [-0.05, 0) is 18.2 Å². The predicted octanol–water partition coefficient (Wildman–Crippen LogP) is 4.57. The summed E-state index contributed by atoms with van der Waals surface area (Å²) < 4.78 is 132. The van der Waals surface area contributed by atoms with Gasteiger partial charge < -0.3 is 29.3 Å². The molecule has 37 heavy (non-hydrogen) atoms. The lowest BCUT2D eigenvalue weighted by Gasteiger charge is -2.19. The van der Waals surface area contributed by atoms with Crippen molar-refractivity contribution in [3.63, 3.8) is 0 Å². The molecule has 0 spiro atoms. The van der Waals surface area contributed by atoms with Crippen molar-refractivity contribution in [3.8, 4) is 34.9 Å². The lowest BCUT2D eigenvalue weighted by molar-refractivity contribution is -0.139. The predicted molar refractivity (Wildman–Crippen MR) is 100 cm³/mol. The van der Waals surface area contributed by atoms with Gasteiger partial charge >= 0.3 is 25.9 Å². The minimum absolute atomic E-state index is 0.319. The van der Waals surface area contributed by atoms with Crippen molar-refractivity contribution in [2.24, 2.45) is 0 Å². The van der Waals surface area contributed by atoms with Crippen molar-refractivity contribution in [2.75, 3.05) is 0 Å². The molecule has 198 valence electrons. The van der Waals surface area contributed by atoms with Gasteiger partial charge in [-0.15, -0.1) is 0 Å². The molecule has 3 N–H and O–H groups in total. The molecule has 3 aromatic rings. The second-order valence-corrected chi connectivity index (χ2v) is 6.67. The van der Waals surface area contributed by atoms with Gasteiger partial charge in [0.25, 0.3) is 0 Å². The van der Waals surface area contributed by atoms with E-state index in [9.17, 15) is 54.8 Å². The van der Waals surface area contributed by atoms with Crippen LogP contribution in [0.2, 0.25) is 0 Å². The second kappa shape index (κ2) is 9.62. The standard InChI is InChI=1S/C18H9BF9N3O6/c20-16(21,22)7-1-4-29-13(10(7)32)35-19(36-14-11(33)8(2-5-30-14)17(23,24)25)37-15-12(34)9(3-6-31-15)18(26,27)28/h1-6,32-34H. The van der Waals surface area contributed by atoms with E-state index in [-0.39, 0.29) is 0 Å². The van der Waals surface area contributed by atoms with E-state index < -0.39 is 77.4 Å². The fourth-order valence-corrected chi connectivity index (χ4v) is 2.59. The minimum Gasteiger partial charge on any atom is -0.503 e. The highest BCUT2D eigenvalue weighted by atomic mass is 19.4. The van der Waals surface area contributed by atoms with E-state index in [1.54, 1.807) is 0 Å². The van der Waals surface area contributed by atoms with E-state index in [1.165, 1.54) is 0 Å². The summed E-state index contributed by atoms with van der Waals surface area (Å²) in [5, 5.41) is 29.6. The van der Waals surface area contributed by atoms with Crippen LogP contribution in [0.1, 0.15) is 16.7 Å². The van der Waals surface area contributed by atoms with Gasteiger partial charge in [0.1, 0.15) is 16.7 Å². The monoisotopic (exact) mass is 545 g/mol. The first-order valence-electron chi connectivity index (χ1n) is 9.25. The van der Waals surface area contributed by atoms with E-state index in [4.69, 9.17) is 14.0 Å². The molecule has 0 radical (unpaired) electrons. The van der Waals surface area contributed by atoms with Gasteiger partial charge in [-0.3, -0.25) is 0 Å². The van der Waals surface area contributed by atoms with E-state index >= 15 is 0 Å². The van der Waals surface area contributed by atoms with Gasteiger partial charge in [0, 0.05) is 18.6 Å². The number of aromatic hydroxyl groups is 3. The lowest BCUT2D eigenvalue weighted by atomic mass is 10.1. The number of hydrogen-bond acceptors (Lipinski definition) is 9. The Balaban J connectivity index is 2.06. The van der Waals surface area contributed by atoms with Crippen LogP contribution in [-0.4, -0.2) is 37.6 Å². The first-order valence-corrected chi connectivity index (χ1v) is 9.25. The van der Waals surface area contributed by atoms with Crippen molar-refractivity contribution in [2.45, 2.75) is 18.5 Å². The molecule has 0 aliphatic carbocycles. The summed E-state index contributed by atoms with van der Waals surface area (Å²) in [5.41, 5.74) is -5.09. The van der Waals surface area contributed by atoms with E-state index in [0.717, 1.165) is 0 Å². The molecule has 19 heteroatoms. The van der Waals surface area contributed by atoms with Gasteiger partial charge in [0.05, 0.1) is 0 Å². The molecule has 0 aliphatic rings. The van der Waals surface area contributed by atoms with E-state index in [1.807, 2.05) is 0 Å². The Morgan fingerprint density at radius 3 is 0.973 bits per heavy atom. The molecule has 0 saturated heterocycles. The Kier molecular flexibility index (Phi) is 7.09. The lowest BCUT2D eigenvalue weighted by Crippen LogP contribution is -2.38. The molecule has 3 aromatic heterocycles. The summed E-state index contributed by atoms with van der Waals surface area (Å²) in [7, 11) is -2.73. The molecule has 0 bridgehead atoms. The zero-order chi connectivity index (χ0) is 27.8. The summed E-state index contributed by atoms with van der Waals surface area (Å²) in [4.78, 5) is 9.83. The van der Waals surface area contributed by atoms with Crippen molar-refractivity contribution >= 4 is 7.32 Å². The summed E-state index contributed by atoms with van der Waals surface area (Å²) in [6.45, 7) is 0. The van der Waals surface area contributed by atoms with E-state index in [0.29, 0.717) is 36.8 Å². The average molecular weight is 545 g/mol. The number of halogens is 9. The van der Waals surface area contributed by atoms with Crippen LogP contribution in [0.3, 0.4) is 0 Å². The van der Waals surface area contributed by atoms with E-state index in [2.05, 4.69) is 15.0 Å². The molecule has 0 fully saturated rings. The summed E-state index contributed by atoms with van der Waals surface area (Å²) in [5.74, 6) is -8.98. The van der Waals surface area contributed by atoms with Crippen LogP contribution >= 0.6 is 0 Å². The van der Waals surface area contributed by atoms with Gasteiger partial charge in [-0.2, -0.15) is 39.5 Å². The Labute approximate surface area is 198 Å². The average Bonchev–Trinajstić information content (AvgIpc) is 2.75. The highest BCUT2D eigenvalue weighted by molar-refractivity contribution is 6.39. The molecule has 9 nitrogen and oxygen atoms in total. The highest BCUT2D eigenvalue weighted by Gasteiger charge is 2.42. The number of aromatic nitrogens is 3. The molecule has 3 rings (SSSR count). The van der Waals surface area contributed by atoms with Crippen LogP contribution in [0.25, 0.3) is 0 Å². The Hall–Kier alpha value is -4.32. The highest BCUT2D eigenvalue weighted by Crippen LogP contribution is 2.43. The molecule has 0 amide bonds. The maximum absolute atomic E-state index is 13.1. The Morgan fingerprint density at radius 1 is 0.514 bits per heavy atom. The van der Waals surface area contributed by atoms with Crippen molar-refractivity contribution in [3.05, 3.63) is 53.5 Å². The quantitative estimate of drug-likeness (QED) is 0.302. The zero-order valence-corrected chi connectivity index (χ0v) is 17.4. The molecule has 0 aromatic carbocycles. The molecule has 0 aliphatic heterocycles. The molecule has 0 atom stereocenters. The van der Waals surface area contributed by atoms with Gasteiger partial charge in [-0.25, -0.2) is 15.0 Å².